The summed E-state index contributed by atoms with van der Waals surface area (Å²) >= 11 is 6.22. The van der Waals surface area contributed by atoms with Crippen molar-refractivity contribution in [3.8, 4) is 0 Å². The van der Waals surface area contributed by atoms with Gasteiger partial charge in [0.05, 0.1) is 10.5 Å². The normalized spacial score (nSPS) is 17.8. The highest BCUT2D eigenvalue weighted by molar-refractivity contribution is 6.35. The number of aryl methyl sites for hydroxylation is 1. The number of imidazole rings is 1. The summed E-state index contributed by atoms with van der Waals surface area (Å²) in [5.41, 5.74) is 3.14. The van der Waals surface area contributed by atoms with Gasteiger partial charge in [0, 0.05) is 5.92 Å². The molecule has 0 atom stereocenters. The van der Waals surface area contributed by atoms with Crippen LogP contribution in [0.2, 0.25) is 5.02 Å². The number of H-pyrrole nitrogens is 1. The molecule has 0 unspecified atom stereocenters. The number of nitrogens with zero attached hydrogens (tertiary/aromatic N) is 1. The molecule has 3 nitrogen and oxygen atoms in total. The van der Waals surface area contributed by atoms with Crippen LogP contribution in [0.4, 0.5) is 0 Å². The summed E-state index contributed by atoms with van der Waals surface area (Å²) in [6.45, 7) is 4.21. The van der Waals surface area contributed by atoms with Crippen molar-refractivity contribution in [1.29, 1.82) is 0 Å². The van der Waals surface area contributed by atoms with Gasteiger partial charge in [0.1, 0.15) is 11.3 Å². The Morgan fingerprint density at radius 3 is 2.82 bits per heavy atom. The molecule has 0 radical (unpaired) electrons. The van der Waals surface area contributed by atoms with E-state index in [0.717, 1.165) is 47.8 Å². The van der Waals surface area contributed by atoms with Gasteiger partial charge in [-0.05, 0) is 50.6 Å². The fraction of sp³-hybridized carbons (Fsp3) is 0.462. The van der Waals surface area contributed by atoms with E-state index in [2.05, 4.69) is 28.3 Å². The average molecular weight is 250 g/mol. The summed E-state index contributed by atoms with van der Waals surface area (Å²) in [4.78, 5) is 8.09. The largest absolute Gasteiger partial charge is 0.342 e. The van der Waals surface area contributed by atoms with Crippen LogP contribution in [0.1, 0.15) is 30.1 Å². The molecule has 90 valence electrons. The van der Waals surface area contributed by atoms with Crippen LogP contribution < -0.4 is 5.32 Å². The van der Waals surface area contributed by atoms with Gasteiger partial charge in [-0.2, -0.15) is 0 Å². The SMILES string of the molecule is Cc1cc(Cl)c2nc(C3CCNCC3)[nH]c2c1. The Bertz CT molecular complexity index is 541. The van der Waals surface area contributed by atoms with Crippen molar-refractivity contribution < 1.29 is 0 Å². The lowest BCUT2D eigenvalue weighted by Gasteiger charge is -2.20. The zero-order valence-electron chi connectivity index (χ0n) is 9.89. The van der Waals surface area contributed by atoms with Gasteiger partial charge < -0.3 is 10.3 Å². The number of aromatic nitrogens is 2. The van der Waals surface area contributed by atoms with E-state index >= 15 is 0 Å². The number of halogens is 1. The predicted molar refractivity (Wildman–Crippen MR) is 70.7 cm³/mol. The molecule has 1 aromatic carbocycles. The molecule has 2 N–H and O–H groups in total. The quantitative estimate of drug-likeness (QED) is 0.816. The first kappa shape index (κ1) is 11.1. The van der Waals surface area contributed by atoms with Crippen LogP contribution in [0.15, 0.2) is 12.1 Å². The van der Waals surface area contributed by atoms with E-state index in [1.165, 1.54) is 5.56 Å². The zero-order valence-corrected chi connectivity index (χ0v) is 10.6. The smallest absolute Gasteiger partial charge is 0.110 e. The van der Waals surface area contributed by atoms with Gasteiger partial charge >= 0.3 is 0 Å². The van der Waals surface area contributed by atoms with E-state index < -0.39 is 0 Å². The Morgan fingerprint density at radius 1 is 1.29 bits per heavy atom. The Labute approximate surface area is 106 Å². The predicted octanol–water partition coefficient (Wildman–Crippen LogP) is 2.99. The summed E-state index contributed by atoms with van der Waals surface area (Å²) in [7, 11) is 0. The number of nitrogens with one attached hydrogen (secondary N) is 2. The minimum atomic E-state index is 0.542. The molecule has 0 spiro atoms. The first-order valence-electron chi connectivity index (χ1n) is 6.10. The monoisotopic (exact) mass is 249 g/mol. The second kappa shape index (κ2) is 4.31. The van der Waals surface area contributed by atoms with Crippen LogP contribution in [0.5, 0.6) is 0 Å². The summed E-state index contributed by atoms with van der Waals surface area (Å²) in [5, 5.41) is 4.12. The summed E-state index contributed by atoms with van der Waals surface area (Å²) in [6, 6.07) is 4.08. The maximum Gasteiger partial charge on any atom is 0.110 e. The summed E-state index contributed by atoms with van der Waals surface area (Å²) in [6.07, 6.45) is 2.30. The van der Waals surface area contributed by atoms with Crippen molar-refractivity contribution in [2.45, 2.75) is 25.7 Å². The lowest BCUT2D eigenvalue weighted by molar-refractivity contribution is 0.448. The fourth-order valence-electron chi connectivity index (χ4n) is 2.52. The summed E-state index contributed by atoms with van der Waals surface area (Å²) < 4.78 is 0. The minimum Gasteiger partial charge on any atom is -0.342 e. The molecule has 2 aromatic rings. The number of benzene rings is 1. The second-order valence-corrected chi connectivity index (χ2v) is 5.20. The zero-order chi connectivity index (χ0) is 11.8. The van der Waals surface area contributed by atoms with Crippen molar-refractivity contribution in [3.63, 3.8) is 0 Å². The van der Waals surface area contributed by atoms with Gasteiger partial charge in [0.25, 0.3) is 0 Å². The van der Waals surface area contributed by atoms with E-state index in [4.69, 9.17) is 11.6 Å². The molecule has 0 amide bonds. The van der Waals surface area contributed by atoms with Crippen LogP contribution in [0.25, 0.3) is 11.0 Å². The van der Waals surface area contributed by atoms with Crippen LogP contribution in [0.3, 0.4) is 0 Å². The van der Waals surface area contributed by atoms with E-state index in [9.17, 15) is 0 Å². The van der Waals surface area contributed by atoms with Gasteiger partial charge in [-0.1, -0.05) is 11.6 Å². The van der Waals surface area contributed by atoms with Gasteiger partial charge in [0.2, 0.25) is 0 Å². The first-order valence-corrected chi connectivity index (χ1v) is 6.48. The molecule has 17 heavy (non-hydrogen) atoms. The lowest BCUT2D eigenvalue weighted by Crippen LogP contribution is -2.27. The highest BCUT2D eigenvalue weighted by Crippen LogP contribution is 2.28. The van der Waals surface area contributed by atoms with E-state index in [1.54, 1.807) is 0 Å². The molecule has 0 aliphatic carbocycles. The third-order valence-electron chi connectivity index (χ3n) is 3.43. The Hall–Kier alpha value is -1.06. The third kappa shape index (κ3) is 2.05. The van der Waals surface area contributed by atoms with E-state index in [1.807, 2.05) is 6.07 Å². The van der Waals surface area contributed by atoms with Crippen LogP contribution in [0, 0.1) is 6.92 Å². The topological polar surface area (TPSA) is 40.7 Å². The molecule has 3 rings (SSSR count). The molecule has 1 fully saturated rings. The molecule has 1 saturated heterocycles. The van der Waals surface area contributed by atoms with Crippen LogP contribution in [-0.2, 0) is 0 Å². The fourth-order valence-corrected chi connectivity index (χ4v) is 2.83. The van der Waals surface area contributed by atoms with Gasteiger partial charge in [0.15, 0.2) is 0 Å². The number of rotatable bonds is 1. The highest BCUT2D eigenvalue weighted by Gasteiger charge is 2.19. The third-order valence-corrected chi connectivity index (χ3v) is 3.72. The van der Waals surface area contributed by atoms with Crippen LogP contribution >= 0.6 is 11.6 Å². The van der Waals surface area contributed by atoms with Crippen LogP contribution in [-0.4, -0.2) is 23.1 Å². The molecule has 1 aromatic heterocycles. The van der Waals surface area contributed by atoms with Gasteiger partial charge in [-0.15, -0.1) is 0 Å². The average Bonchev–Trinajstić information content (AvgIpc) is 2.74. The van der Waals surface area contributed by atoms with Crippen molar-refractivity contribution in [2.24, 2.45) is 0 Å². The highest BCUT2D eigenvalue weighted by atomic mass is 35.5. The minimum absolute atomic E-state index is 0.542. The molecule has 4 heteroatoms. The Kier molecular flexibility index (Phi) is 2.81. The number of hydrogen-bond acceptors (Lipinski definition) is 2. The van der Waals surface area contributed by atoms with E-state index in [0.29, 0.717) is 5.92 Å². The molecular weight excluding hydrogens is 234 g/mol. The van der Waals surface area contributed by atoms with Crippen molar-refractivity contribution >= 4 is 22.6 Å². The van der Waals surface area contributed by atoms with Gasteiger partial charge in [-0.25, -0.2) is 4.98 Å². The van der Waals surface area contributed by atoms with Crippen molar-refractivity contribution in [1.82, 2.24) is 15.3 Å². The van der Waals surface area contributed by atoms with Crippen molar-refractivity contribution in [2.75, 3.05) is 13.1 Å². The summed E-state index contributed by atoms with van der Waals surface area (Å²) in [5.74, 6) is 1.63. The number of piperidine rings is 1. The number of aromatic amines is 1. The first-order chi connectivity index (χ1) is 8.24. The molecule has 1 aliphatic heterocycles. The van der Waals surface area contributed by atoms with E-state index in [-0.39, 0.29) is 0 Å². The van der Waals surface area contributed by atoms with Crippen molar-refractivity contribution in [3.05, 3.63) is 28.5 Å². The molecule has 1 aliphatic rings. The lowest BCUT2D eigenvalue weighted by atomic mass is 9.98. The molecule has 2 heterocycles. The molecule has 0 bridgehead atoms. The number of hydrogen-bond donors (Lipinski definition) is 2. The Balaban J connectivity index is 2.03. The maximum atomic E-state index is 6.22. The van der Waals surface area contributed by atoms with Gasteiger partial charge in [-0.3, -0.25) is 0 Å². The Morgan fingerprint density at radius 2 is 2.06 bits per heavy atom. The maximum absolute atomic E-state index is 6.22. The molecular formula is C13H16ClN3. The second-order valence-electron chi connectivity index (χ2n) is 4.79. The molecule has 0 saturated carbocycles. The standard InChI is InChI=1S/C13H16ClN3/c1-8-6-10(14)12-11(7-8)16-13(17-12)9-2-4-15-5-3-9/h6-7,9,15H,2-5H2,1H3,(H,16,17). The number of fused-ring (bicyclic) bond motifs is 1.